The van der Waals surface area contributed by atoms with Crippen molar-refractivity contribution in [2.24, 2.45) is 4.99 Å². The first-order chi connectivity index (χ1) is 16.1. The summed E-state index contributed by atoms with van der Waals surface area (Å²) in [6, 6.07) is 19.8. The predicted molar refractivity (Wildman–Crippen MR) is 138 cm³/mol. The van der Waals surface area contributed by atoms with E-state index in [2.05, 4.69) is 38.0 Å². The van der Waals surface area contributed by atoms with Gasteiger partial charge >= 0.3 is 0 Å². The Morgan fingerprint density at radius 1 is 1.03 bits per heavy atom. The molecule has 0 saturated carbocycles. The fraction of sp³-hybridized carbons (Fsp3) is 0.269. The molecule has 3 aromatic rings. The Morgan fingerprint density at radius 2 is 1.76 bits per heavy atom. The molecule has 0 aliphatic carbocycles. The first-order valence-electron chi connectivity index (χ1n) is 10.9. The largest absolute Gasteiger partial charge is 0.490 e. The van der Waals surface area contributed by atoms with Crippen LogP contribution in [0.1, 0.15) is 18.1 Å². The molecule has 0 atom stereocenters. The monoisotopic (exact) mass is 528 g/mol. The molecule has 1 aliphatic heterocycles. The average Bonchev–Trinajstić information content (AvgIpc) is 2.84. The van der Waals surface area contributed by atoms with Gasteiger partial charge < -0.3 is 19.1 Å². The smallest absolute Gasteiger partial charge is 0.175 e. The summed E-state index contributed by atoms with van der Waals surface area (Å²) >= 11 is 9.60. The van der Waals surface area contributed by atoms with Crippen molar-refractivity contribution in [1.82, 2.24) is 0 Å². The van der Waals surface area contributed by atoms with Gasteiger partial charge in [0, 0.05) is 30.0 Å². The van der Waals surface area contributed by atoms with Crippen LogP contribution in [0.2, 0.25) is 5.02 Å². The van der Waals surface area contributed by atoms with Crippen molar-refractivity contribution >= 4 is 45.1 Å². The lowest BCUT2D eigenvalue weighted by Gasteiger charge is -2.28. The van der Waals surface area contributed by atoms with Crippen molar-refractivity contribution in [3.63, 3.8) is 0 Å². The Bertz CT molecular complexity index is 1080. The number of ether oxygens (including phenoxy) is 3. The van der Waals surface area contributed by atoms with Gasteiger partial charge in [-0.3, -0.25) is 4.99 Å². The van der Waals surface area contributed by atoms with Gasteiger partial charge in [-0.25, -0.2) is 0 Å². The number of anilines is 1. The van der Waals surface area contributed by atoms with Crippen molar-refractivity contribution in [3.05, 3.63) is 81.3 Å². The lowest BCUT2D eigenvalue weighted by molar-refractivity contribution is 0.122. The topological polar surface area (TPSA) is 43.3 Å². The number of hydrogen-bond donors (Lipinski definition) is 0. The maximum absolute atomic E-state index is 6.06. The number of rotatable bonds is 8. The number of halogens is 2. The maximum atomic E-state index is 6.06. The molecule has 7 heteroatoms. The lowest BCUT2D eigenvalue weighted by atomic mass is 10.2. The van der Waals surface area contributed by atoms with Gasteiger partial charge in [-0.05, 0) is 82.5 Å². The van der Waals surface area contributed by atoms with Gasteiger partial charge in [-0.15, -0.1) is 0 Å². The molecule has 0 bridgehead atoms. The quantitative estimate of drug-likeness (QED) is 0.306. The summed E-state index contributed by atoms with van der Waals surface area (Å²) in [6.45, 7) is 6.29. The van der Waals surface area contributed by atoms with E-state index in [0.717, 1.165) is 47.6 Å². The zero-order chi connectivity index (χ0) is 23.0. The summed E-state index contributed by atoms with van der Waals surface area (Å²) in [5.74, 6) is 1.34. The molecule has 1 heterocycles. The second-order valence-corrected chi connectivity index (χ2v) is 8.84. The van der Waals surface area contributed by atoms with E-state index in [0.29, 0.717) is 29.7 Å². The summed E-state index contributed by atoms with van der Waals surface area (Å²) in [6.07, 6.45) is 1.83. The van der Waals surface area contributed by atoms with E-state index >= 15 is 0 Å². The average molecular weight is 530 g/mol. The van der Waals surface area contributed by atoms with Crippen LogP contribution < -0.4 is 14.4 Å². The van der Waals surface area contributed by atoms with Crippen molar-refractivity contribution in [2.75, 3.05) is 37.8 Å². The molecule has 0 aromatic heterocycles. The molecule has 0 radical (unpaired) electrons. The molecule has 33 heavy (non-hydrogen) atoms. The second kappa shape index (κ2) is 11.5. The van der Waals surface area contributed by atoms with Gasteiger partial charge in [0.05, 0.1) is 30.0 Å². The Balaban J connectivity index is 1.47. The van der Waals surface area contributed by atoms with Crippen LogP contribution in [0.5, 0.6) is 11.5 Å². The van der Waals surface area contributed by atoms with E-state index in [1.165, 1.54) is 5.69 Å². The van der Waals surface area contributed by atoms with Crippen LogP contribution in [-0.2, 0) is 11.3 Å². The highest BCUT2D eigenvalue weighted by atomic mass is 79.9. The highest BCUT2D eigenvalue weighted by Gasteiger charge is 2.13. The SMILES string of the molecule is CCOc1cc(C=Nc2ccc(N3CCOCC3)cc2)cc(Br)c1OCc1ccc(Cl)cc1. The standard InChI is InChI=1S/C26H26BrClN2O3/c1-2-32-25-16-20(15-24(27)26(25)33-18-19-3-5-21(28)6-4-19)17-29-22-7-9-23(10-8-22)30-11-13-31-14-12-30/h3-10,15-17H,2,11-14,18H2,1H3. The molecule has 5 nitrogen and oxygen atoms in total. The van der Waals surface area contributed by atoms with E-state index in [1.807, 2.05) is 61.7 Å². The first kappa shape index (κ1) is 23.6. The lowest BCUT2D eigenvalue weighted by Crippen LogP contribution is -2.36. The van der Waals surface area contributed by atoms with E-state index in [-0.39, 0.29) is 0 Å². The third-order valence-corrected chi connectivity index (χ3v) is 6.06. The van der Waals surface area contributed by atoms with Crippen molar-refractivity contribution in [1.29, 1.82) is 0 Å². The van der Waals surface area contributed by atoms with Gasteiger partial charge in [0.15, 0.2) is 11.5 Å². The zero-order valence-corrected chi connectivity index (χ0v) is 20.8. The fourth-order valence-electron chi connectivity index (χ4n) is 3.52. The minimum absolute atomic E-state index is 0.415. The van der Waals surface area contributed by atoms with Crippen LogP contribution in [0.3, 0.4) is 0 Å². The molecule has 0 amide bonds. The Kier molecular flexibility index (Phi) is 8.26. The maximum Gasteiger partial charge on any atom is 0.175 e. The highest BCUT2D eigenvalue weighted by molar-refractivity contribution is 9.10. The predicted octanol–water partition coefficient (Wildman–Crippen LogP) is 6.67. The fourth-order valence-corrected chi connectivity index (χ4v) is 4.22. The van der Waals surface area contributed by atoms with Crippen LogP contribution >= 0.6 is 27.5 Å². The highest BCUT2D eigenvalue weighted by Crippen LogP contribution is 2.37. The zero-order valence-electron chi connectivity index (χ0n) is 18.5. The van der Waals surface area contributed by atoms with E-state index < -0.39 is 0 Å². The van der Waals surface area contributed by atoms with Crippen LogP contribution in [0.4, 0.5) is 11.4 Å². The number of benzene rings is 3. The summed E-state index contributed by atoms with van der Waals surface area (Å²) in [4.78, 5) is 6.96. The molecular weight excluding hydrogens is 504 g/mol. The van der Waals surface area contributed by atoms with Gasteiger partial charge in [-0.1, -0.05) is 23.7 Å². The molecule has 3 aromatic carbocycles. The van der Waals surface area contributed by atoms with Gasteiger partial charge in [0.2, 0.25) is 0 Å². The number of nitrogens with zero attached hydrogens (tertiary/aromatic N) is 2. The van der Waals surface area contributed by atoms with E-state index in [1.54, 1.807) is 0 Å². The van der Waals surface area contributed by atoms with Crippen molar-refractivity contribution in [3.8, 4) is 11.5 Å². The van der Waals surface area contributed by atoms with Gasteiger partial charge in [0.25, 0.3) is 0 Å². The number of aliphatic imine (C=N–C) groups is 1. The Hall–Kier alpha value is -2.54. The first-order valence-corrected chi connectivity index (χ1v) is 12.1. The normalized spacial score (nSPS) is 14.0. The van der Waals surface area contributed by atoms with Crippen LogP contribution in [0, 0.1) is 0 Å². The molecule has 0 N–H and O–H groups in total. The summed E-state index contributed by atoms with van der Waals surface area (Å²) < 4.78 is 18.1. The van der Waals surface area contributed by atoms with Crippen LogP contribution in [-0.4, -0.2) is 39.1 Å². The van der Waals surface area contributed by atoms with E-state index in [9.17, 15) is 0 Å². The molecule has 1 fully saturated rings. The molecule has 0 unspecified atom stereocenters. The Labute approximate surface area is 208 Å². The Morgan fingerprint density at radius 3 is 2.45 bits per heavy atom. The van der Waals surface area contributed by atoms with Crippen LogP contribution in [0.25, 0.3) is 0 Å². The third kappa shape index (κ3) is 6.50. The summed E-state index contributed by atoms with van der Waals surface area (Å²) in [5.41, 5.74) is 4.03. The molecule has 0 spiro atoms. The van der Waals surface area contributed by atoms with Crippen LogP contribution in [0.15, 0.2) is 70.1 Å². The number of hydrogen-bond acceptors (Lipinski definition) is 5. The van der Waals surface area contributed by atoms with E-state index in [4.69, 9.17) is 25.8 Å². The van der Waals surface area contributed by atoms with Crippen molar-refractivity contribution < 1.29 is 14.2 Å². The second-order valence-electron chi connectivity index (χ2n) is 7.55. The van der Waals surface area contributed by atoms with Crippen molar-refractivity contribution in [2.45, 2.75) is 13.5 Å². The molecule has 172 valence electrons. The summed E-state index contributed by atoms with van der Waals surface area (Å²) in [7, 11) is 0. The number of morpholine rings is 1. The third-order valence-electron chi connectivity index (χ3n) is 5.22. The van der Waals surface area contributed by atoms with Gasteiger partial charge in [0.1, 0.15) is 6.61 Å². The molecule has 1 aliphatic rings. The van der Waals surface area contributed by atoms with Gasteiger partial charge in [-0.2, -0.15) is 0 Å². The molecule has 1 saturated heterocycles. The minimum atomic E-state index is 0.415. The molecular formula is C26H26BrClN2O3. The summed E-state index contributed by atoms with van der Waals surface area (Å²) in [5, 5.41) is 0.703. The minimum Gasteiger partial charge on any atom is -0.490 e. The molecule has 4 rings (SSSR count).